The van der Waals surface area contributed by atoms with Gasteiger partial charge in [-0.05, 0) is 17.4 Å². The summed E-state index contributed by atoms with van der Waals surface area (Å²) in [6.07, 6.45) is 0.372. The quantitative estimate of drug-likeness (QED) is 0.807. The Hall–Kier alpha value is -2.22. The number of carbonyl (C=O) groups excluding carboxylic acids is 1. The van der Waals surface area contributed by atoms with Gasteiger partial charge in [0.2, 0.25) is 17.6 Å². The van der Waals surface area contributed by atoms with Crippen molar-refractivity contribution in [3.05, 3.63) is 23.4 Å². The zero-order valence-corrected chi connectivity index (χ0v) is 13.1. The summed E-state index contributed by atoms with van der Waals surface area (Å²) < 4.78 is 5.09. The predicted octanol–water partition coefficient (Wildman–Crippen LogP) is 1.96. The Morgan fingerprint density at radius 3 is 2.82 bits per heavy atom. The molecule has 0 aliphatic rings. The minimum absolute atomic E-state index is 0.0998. The highest BCUT2D eigenvalue weighted by Crippen LogP contribution is 2.21. The van der Waals surface area contributed by atoms with E-state index in [9.17, 15) is 9.59 Å². The van der Waals surface area contributed by atoms with E-state index < -0.39 is 12.0 Å². The Kier molecular flexibility index (Phi) is 5.26. The monoisotopic (exact) mass is 323 g/mol. The molecule has 22 heavy (non-hydrogen) atoms. The molecule has 0 spiro atoms. The number of thiophene rings is 1. The number of rotatable bonds is 7. The molecule has 0 aromatic carbocycles. The third-order valence-corrected chi connectivity index (χ3v) is 3.89. The fourth-order valence-corrected chi connectivity index (χ4v) is 2.49. The summed E-state index contributed by atoms with van der Waals surface area (Å²) in [5.74, 6) is -0.723. The average Bonchev–Trinajstić information content (AvgIpc) is 3.12. The summed E-state index contributed by atoms with van der Waals surface area (Å²) in [4.78, 5) is 27.9. The van der Waals surface area contributed by atoms with E-state index in [1.807, 2.05) is 17.5 Å². The molecule has 0 unspecified atom stereocenters. The van der Waals surface area contributed by atoms with Crippen molar-refractivity contribution in [2.75, 3.05) is 0 Å². The lowest BCUT2D eigenvalue weighted by atomic mass is 10.0. The van der Waals surface area contributed by atoms with Gasteiger partial charge in [-0.3, -0.25) is 4.79 Å². The first-order valence-electron chi connectivity index (χ1n) is 6.86. The molecular formula is C14H17N3O4S. The van der Waals surface area contributed by atoms with Crippen molar-refractivity contribution in [3.8, 4) is 10.7 Å². The minimum atomic E-state index is -1.04. The number of carboxylic acid groups (broad SMARTS) is 1. The van der Waals surface area contributed by atoms with Crippen molar-refractivity contribution in [3.63, 3.8) is 0 Å². The molecule has 1 amide bonds. The second-order valence-electron chi connectivity index (χ2n) is 5.12. The van der Waals surface area contributed by atoms with Gasteiger partial charge in [0.25, 0.3) is 0 Å². The number of aromatic nitrogens is 2. The van der Waals surface area contributed by atoms with Gasteiger partial charge in [0.1, 0.15) is 6.04 Å². The molecular weight excluding hydrogens is 306 g/mol. The van der Waals surface area contributed by atoms with E-state index >= 15 is 0 Å². The first-order valence-corrected chi connectivity index (χ1v) is 7.74. The summed E-state index contributed by atoms with van der Waals surface area (Å²) in [6, 6.07) is 2.88. The van der Waals surface area contributed by atoms with E-state index in [4.69, 9.17) is 9.63 Å². The summed E-state index contributed by atoms with van der Waals surface area (Å²) in [6.45, 7) is 3.48. The molecule has 8 heteroatoms. The maximum Gasteiger partial charge on any atom is 0.326 e. The Morgan fingerprint density at radius 1 is 1.45 bits per heavy atom. The SMILES string of the molecule is CC(C)[C@H](NC(=O)CCc1nc(-c2cccs2)no1)C(=O)O. The van der Waals surface area contributed by atoms with Crippen LogP contribution in [-0.2, 0) is 16.0 Å². The highest BCUT2D eigenvalue weighted by atomic mass is 32.1. The number of hydrogen-bond acceptors (Lipinski definition) is 6. The van der Waals surface area contributed by atoms with Crippen LogP contribution in [0, 0.1) is 5.92 Å². The van der Waals surface area contributed by atoms with E-state index in [0.29, 0.717) is 11.7 Å². The Bertz CT molecular complexity index is 636. The van der Waals surface area contributed by atoms with Crippen LogP contribution in [-0.4, -0.2) is 33.2 Å². The molecule has 2 aromatic heterocycles. The fraction of sp³-hybridized carbons (Fsp3) is 0.429. The minimum Gasteiger partial charge on any atom is -0.480 e. The van der Waals surface area contributed by atoms with Gasteiger partial charge in [-0.1, -0.05) is 25.1 Å². The van der Waals surface area contributed by atoms with Crippen LogP contribution in [0.1, 0.15) is 26.2 Å². The second-order valence-corrected chi connectivity index (χ2v) is 6.06. The summed E-state index contributed by atoms with van der Waals surface area (Å²) in [7, 11) is 0. The highest BCUT2D eigenvalue weighted by Gasteiger charge is 2.23. The number of nitrogens with one attached hydrogen (secondary N) is 1. The third kappa shape index (κ3) is 4.14. The molecule has 0 radical (unpaired) electrons. The van der Waals surface area contributed by atoms with Crippen LogP contribution in [0.5, 0.6) is 0 Å². The molecule has 0 aliphatic carbocycles. The Labute approximate surface area is 131 Å². The summed E-state index contributed by atoms with van der Waals surface area (Å²) >= 11 is 1.50. The Balaban J connectivity index is 1.87. The highest BCUT2D eigenvalue weighted by molar-refractivity contribution is 7.13. The zero-order chi connectivity index (χ0) is 16.1. The topological polar surface area (TPSA) is 105 Å². The van der Waals surface area contributed by atoms with E-state index in [1.165, 1.54) is 11.3 Å². The van der Waals surface area contributed by atoms with Crippen LogP contribution in [0.25, 0.3) is 10.7 Å². The largest absolute Gasteiger partial charge is 0.480 e. The fourth-order valence-electron chi connectivity index (χ4n) is 1.84. The van der Waals surface area contributed by atoms with Crippen LogP contribution >= 0.6 is 11.3 Å². The van der Waals surface area contributed by atoms with Crippen LogP contribution in [0.4, 0.5) is 0 Å². The molecule has 2 aromatic rings. The lowest BCUT2D eigenvalue weighted by Gasteiger charge is -2.17. The molecule has 0 bridgehead atoms. The van der Waals surface area contributed by atoms with Gasteiger partial charge in [0.15, 0.2) is 0 Å². The molecule has 7 nitrogen and oxygen atoms in total. The summed E-state index contributed by atoms with van der Waals surface area (Å²) in [5, 5.41) is 17.3. The van der Waals surface area contributed by atoms with Crippen molar-refractivity contribution in [1.29, 1.82) is 0 Å². The van der Waals surface area contributed by atoms with Gasteiger partial charge in [0, 0.05) is 12.8 Å². The average molecular weight is 323 g/mol. The van der Waals surface area contributed by atoms with Gasteiger partial charge in [0.05, 0.1) is 4.88 Å². The standard InChI is InChI=1S/C14H17N3O4S/c1-8(2)12(14(19)20)15-10(18)5-6-11-16-13(17-21-11)9-4-3-7-22-9/h3-4,7-8,12H,5-6H2,1-2H3,(H,15,18)(H,19,20)/t12-/m0/s1. The predicted molar refractivity (Wildman–Crippen MR) is 80.3 cm³/mol. The van der Waals surface area contributed by atoms with Crippen molar-refractivity contribution < 1.29 is 19.2 Å². The number of amides is 1. The van der Waals surface area contributed by atoms with E-state index in [2.05, 4.69) is 15.5 Å². The zero-order valence-electron chi connectivity index (χ0n) is 12.3. The van der Waals surface area contributed by atoms with Gasteiger partial charge < -0.3 is 14.9 Å². The van der Waals surface area contributed by atoms with Gasteiger partial charge >= 0.3 is 5.97 Å². The number of carbonyl (C=O) groups is 2. The molecule has 0 aliphatic heterocycles. The number of aryl methyl sites for hydroxylation is 1. The number of aliphatic carboxylic acids is 1. The van der Waals surface area contributed by atoms with Gasteiger partial charge in [-0.2, -0.15) is 4.98 Å². The maximum absolute atomic E-state index is 11.8. The normalized spacial score (nSPS) is 12.3. The van der Waals surface area contributed by atoms with Crippen molar-refractivity contribution >= 4 is 23.2 Å². The van der Waals surface area contributed by atoms with Crippen LogP contribution < -0.4 is 5.32 Å². The smallest absolute Gasteiger partial charge is 0.326 e. The third-order valence-electron chi connectivity index (χ3n) is 3.02. The number of carboxylic acids is 1. The lowest BCUT2D eigenvalue weighted by molar-refractivity contribution is -0.143. The first kappa shape index (κ1) is 16.2. The number of hydrogen-bond donors (Lipinski definition) is 2. The molecule has 2 rings (SSSR count). The van der Waals surface area contributed by atoms with Crippen molar-refractivity contribution in [2.45, 2.75) is 32.7 Å². The van der Waals surface area contributed by atoms with E-state index in [-0.39, 0.29) is 24.7 Å². The number of nitrogens with zero attached hydrogens (tertiary/aromatic N) is 2. The summed E-state index contributed by atoms with van der Waals surface area (Å²) in [5.41, 5.74) is 0. The van der Waals surface area contributed by atoms with Crippen molar-refractivity contribution in [1.82, 2.24) is 15.5 Å². The van der Waals surface area contributed by atoms with Crippen molar-refractivity contribution in [2.24, 2.45) is 5.92 Å². The van der Waals surface area contributed by atoms with Crippen LogP contribution in [0.3, 0.4) is 0 Å². The maximum atomic E-state index is 11.8. The van der Waals surface area contributed by atoms with Crippen LogP contribution in [0.15, 0.2) is 22.0 Å². The first-order chi connectivity index (χ1) is 10.5. The molecule has 0 saturated carbocycles. The molecule has 0 saturated heterocycles. The van der Waals surface area contributed by atoms with E-state index in [1.54, 1.807) is 13.8 Å². The second kappa shape index (κ2) is 7.17. The molecule has 0 fully saturated rings. The molecule has 118 valence electrons. The Morgan fingerprint density at radius 2 is 2.23 bits per heavy atom. The van der Waals surface area contributed by atoms with Crippen LogP contribution in [0.2, 0.25) is 0 Å². The van der Waals surface area contributed by atoms with E-state index in [0.717, 1.165) is 4.88 Å². The van der Waals surface area contributed by atoms with Gasteiger partial charge in [-0.15, -0.1) is 11.3 Å². The molecule has 1 atom stereocenters. The van der Waals surface area contributed by atoms with Gasteiger partial charge in [-0.25, -0.2) is 4.79 Å². The molecule has 2 N–H and O–H groups in total. The lowest BCUT2D eigenvalue weighted by Crippen LogP contribution is -2.44. The molecule has 2 heterocycles.